The zero-order valence-electron chi connectivity index (χ0n) is 9.56. The van der Waals surface area contributed by atoms with Crippen LogP contribution in [0.3, 0.4) is 0 Å². The monoisotopic (exact) mass is 210 g/mol. The van der Waals surface area contributed by atoms with Gasteiger partial charge in [0.15, 0.2) is 0 Å². The molecule has 1 fully saturated rings. The summed E-state index contributed by atoms with van der Waals surface area (Å²) in [5.74, 6) is -0.551. The lowest BCUT2D eigenvalue weighted by Crippen LogP contribution is -2.49. The van der Waals surface area contributed by atoms with Gasteiger partial charge < -0.3 is 9.64 Å². The van der Waals surface area contributed by atoms with Crippen molar-refractivity contribution >= 4 is 5.91 Å². The molecule has 1 unspecified atom stereocenters. The second-order valence-corrected chi connectivity index (χ2v) is 4.09. The Morgan fingerprint density at radius 3 is 2.47 bits per heavy atom. The molecule has 15 heavy (non-hydrogen) atoms. The molecule has 1 rings (SSSR count). The molecule has 0 radical (unpaired) electrons. The molecule has 0 bridgehead atoms. The van der Waals surface area contributed by atoms with E-state index in [0.717, 1.165) is 0 Å². The highest BCUT2D eigenvalue weighted by atomic mass is 16.5. The number of nitriles is 1. The molecule has 1 heterocycles. The third-order valence-corrected chi connectivity index (χ3v) is 2.59. The van der Waals surface area contributed by atoms with Crippen LogP contribution in [0.2, 0.25) is 0 Å². The average molecular weight is 210 g/mol. The molecule has 0 N–H and O–H groups in total. The second-order valence-electron chi connectivity index (χ2n) is 4.09. The van der Waals surface area contributed by atoms with Gasteiger partial charge in [0.25, 0.3) is 0 Å². The van der Waals surface area contributed by atoms with Crippen LogP contribution < -0.4 is 0 Å². The van der Waals surface area contributed by atoms with E-state index >= 15 is 0 Å². The highest BCUT2D eigenvalue weighted by Crippen LogP contribution is 2.14. The summed E-state index contributed by atoms with van der Waals surface area (Å²) >= 11 is 0. The van der Waals surface area contributed by atoms with Crippen molar-refractivity contribution in [1.82, 2.24) is 4.90 Å². The van der Waals surface area contributed by atoms with Gasteiger partial charge in [-0.3, -0.25) is 4.79 Å². The molecule has 0 aromatic carbocycles. The molecule has 0 saturated carbocycles. The predicted octanol–water partition coefficient (Wildman–Crippen LogP) is 1.17. The van der Waals surface area contributed by atoms with Gasteiger partial charge in [0.05, 0.1) is 18.3 Å². The van der Waals surface area contributed by atoms with Crippen LogP contribution in [0.5, 0.6) is 0 Å². The number of morpholine rings is 1. The number of nitrogens with zero attached hydrogens (tertiary/aromatic N) is 2. The van der Waals surface area contributed by atoms with Crippen molar-refractivity contribution in [2.75, 3.05) is 13.1 Å². The van der Waals surface area contributed by atoms with Crippen LogP contribution in [-0.4, -0.2) is 36.1 Å². The topological polar surface area (TPSA) is 53.3 Å². The van der Waals surface area contributed by atoms with Crippen molar-refractivity contribution in [3.8, 4) is 6.07 Å². The highest BCUT2D eigenvalue weighted by Gasteiger charge is 2.29. The van der Waals surface area contributed by atoms with Crippen LogP contribution in [0.1, 0.15) is 27.2 Å². The van der Waals surface area contributed by atoms with Gasteiger partial charge in [-0.25, -0.2) is 0 Å². The lowest BCUT2D eigenvalue weighted by molar-refractivity contribution is -0.145. The Balaban J connectivity index is 2.63. The maximum Gasteiger partial charge on any atom is 0.240 e. The summed E-state index contributed by atoms with van der Waals surface area (Å²) < 4.78 is 5.54. The van der Waals surface area contributed by atoms with Gasteiger partial charge in [-0.15, -0.1) is 0 Å². The van der Waals surface area contributed by atoms with E-state index in [1.807, 2.05) is 26.8 Å². The Labute approximate surface area is 90.8 Å². The third-order valence-electron chi connectivity index (χ3n) is 2.59. The molecule has 84 valence electrons. The largest absolute Gasteiger partial charge is 0.372 e. The molecule has 1 aliphatic rings. The fourth-order valence-corrected chi connectivity index (χ4v) is 1.90. The summed E-state index contributed by atoms with van der Waals surface area (Å²) in [6, 6.07) is 2.05. The van der Waals surface area contributed by atoms with E-state index in [9.17, 15) is 4.79 Å². The molecule has 3 atom stereocenters. The van der Waals surface area contributed by atoms with E-state index in [-0.39, 0.29) is 18.1 Å². The second kappa shape index (κ2) is 5.13. The van der Waals surface area contributed by atoms with Crippen molar-refractivity contribution in [3.05, 3.63) is 0 Å². The standard InChI is InChI=1S/C11H18N2O2/c1-4-10(5-12)11(14)13-6-8(2)15-9(3)7-13/h8-10H,4,6-7H2,1-3H3/t8-,9+,10?. The van der Waals surface area contributed by atoms with Gasteiger partial charge >= 0.3 is 0 Å². The summed E-state index contributed by atoms with van der Waals surface area (Å²) in [7, 11) is 0. The number of hydrogen-bond donors (Lipinski definition) is 0. The fourth-order valence-electron chi connectivity index (χ4n) is 1.90. The first-order valence-corrected chi connectivity index (χ1v) is 5.42. The molecule has 4 heteroatoms. The molecule has 4 nitrogen and oxygen atoms in total. The molecule has 0 aromatic heterocycles. The van der Waals surface area contributed by atoms with E-state index in [0.29, 0.717) is 19.5 Å². The van der Waals surface area contributed by atoms with Gasteiger partial charge in [0.2, 0.25) is 5.91 Å². The van der Waals surface area contributed by atoms with Crippen molar-refractivity contribution in [2.45, 2.75) is 39.4 Å². The Bertz CT molecular complexity index is 262. The number of carbonyl (C=O) groups is 1. The lowest BCUT2D eigenvalue weighted by Gasteiger charge is -2.36. The quantitative estimate of drug-likeness (QED) is 0.687. The highest BCUT2D eigenvalue weighted by molar-refractivity contribution is 5.81. The summed E-state index contributed by atoms with van der Waals surface area (Å²) in [5, 5.41) is 8.83. The van der Waals surface area contributed by atoms with E-state index in [4.69, 9.17) is 10.00 Å². The van der Waals surface area contributed by atoms with E-state index in [1.54, 1.807) is 4.90 Å². The van der Waals surface area contributed by atoms with Gasteiger partial charge in [0, 0.05) is 13.1 Å². The zero-order chi connectivity index (χ0) is 11.4. The van der Waals surface area contributed by atoms with Gasteiger partial charge in [-0.1, -0.05) is 6.92 Å². The van der Waals surface area contributed by atoms with Crippen molar-refractivity contribution < 1.29 is 9.53 Å². The minimum absolute atomic E-state index is 0.0537. The molecule has 0 aromatic rings. The minimum Gasteiger partial charge on any atom is -0.372 e. The predicted molar refractivity (Wildman–Crippen MR) is 56.0 cm³/mol. The summed E-state index contributed by atoms with van der Waals surface area (Å²) in [5.41, 5.74) is 0. The van der Waals surface area contributed by atoms with E-state index < -0.39 is 5.92 Å². The fraction of sp³-hybridized carbons (Fsp3) is 0.818. The summed E-state index contributed by atoms with van der Waals surface area (Å²) in [6.45, 7) is 6.95. The van der Waals surface area contributed by atoms with Crippen LogP contribution in [0.15, 0.2) is 0 Å². The Morgan fingerprint density at radius 1 is 1.53 bits per heavy atom. The maximum atomic E-state index is 11.9. The first-order valence-electron chi connectivity index (χ1n) is 5.42. The number of hydrogen-bond acceptors (Lipinski definition) is 3. The maximum absolute atomic E-state index is 11.9. The van der Waals surface area contributed by atoms with Crippen molar-refractivity contribution in [2.24, 2.45) is 5.92 Å². The SMILES string of the molecule is CCC(C#N)C(=O)N1C[C@@H](C)O[C@@H](C)C1. The van der Waals surface area contributed by atoms with Crippen LogP contribution in [0.25, 0.3) is 0 Å². The Morgan fingerprint density at radius 2 is 2.07 bits per heavy atom. The smallest absolute Gasteiger partial charge is 0.240 e. The number of carbonyl (C=O) groups excluding carboxylic acids is 1. The Kier molecular flexibility index (Phi) is 4.10. The molecule has 1 aliphatic heterocycles. The molecule has 0 aliphatic carbocycles. The first kappa shape index (κ1) is 12.0. The normalized spacial score (nSPS) is 28.3. The Hall–Kier alpha value is -1.08. The zero-order valence-corrected chi connectivity index (χ0v) is 9.56. The molecular weight excluding hydrogens is 192 g/mol. The summed E-state index contributed by atoms with van der Waals surface area (Å²) in [4.78, 5) is 13.6. The van der Waals surface area contributed by atoms with Crippen LogP contribution >= 0.6 is 0 Å². The van der Waals surface area contributed by atoms with Gasteiger partial charge in [0.1, 0.15) is 5.92 Å². The minimum atomic E-state index is -0.498. The molecule has 1 amide bonds. The average Bonchev–Trinajstić information content (AvgIpc) is 2.18. The first-order chi connectivity index (χ1) is 7.08. The number of ether oxygens (including phenoxy) is 1. The number of rotatable bonds is 2. The van der Waals surface area contributed by atoms with Crippen LogP contribution in [0, 0.1) is 17.2 Å². The number of amides is 1. The summed E-state index contributed by atoms with van der Waals surface area (Å²) in [6.07, 6.45) is 0.706. The van der Waals surface area contributed by atoms with Crippen molar-refractivity contribution in [1.29, 1.82) is 5.26 Å². The molecular formula is C11H18N2O2. The van der Waals surface area contributed by atoms with Gasteiger partial charge in [-0.05, 0) is 20.3 Å². The van der Waals surface area contributed by atoms with Crippen LogP contribution in [0.4, 0.5) is 0 Å². The van der Waals surface area contributed by atoms with Gasteiger partial charge in [-0.2, -0.15) is 5.26 Å². The molecule has 1 saturated heterocycles. The van der Waals surface area contributed by atoms with E-state index in [1.165, 1.54) is 0 Å². The van der Waals surface area contributed by atoms with Crippen molar-refractivity contribution in [3.63, 3.8) is 0 Å². The lowest BCUT2D eigenvalue weighted by atomic mass is 10.1. The third kappa shape index (κ3) is 2.93. The molecule has 0 spiro atoms. The van der Waals surface area contributed by atoms with Crippen LogP contribution in [-0.2, 0) is 9.53 Å². The van der Waals surface area contributed by atoms with E-state index in [2.05, 4.69) is 0 Å².